The van der Waals surface area contributed by atoms with Crippen molar-refractivity contribution in [2.24, 2.45) is 0 Å². The van der Waals surface area contributed by atoms with E-state index in [0.717, 1.165) is 11.6 Å². The molecular formula is C27H18ClF3N2O. The topological polar surface area (TPSA) is 27.1 Å². The van der Waals surface area contributed by atoms with Gasteiger partial charge in [-0.1, -0.05) is 78.3 Å². The summed E-state index contributed by atoms with van der Waals surface area (Å²) in [4.78, 5) is 0. The third-order valence-electron chi connectivity index (χ3n) is 5.42. The molecule has 0 aliphatic rings. The zero-order valence-electron chi connectivity index (χ0n) is 17.8. The van der Waals surface area contributed by atoms with E-state index in [-0.39, 0.29) is 5.52 Å². The lowest BCUT2D eigenvalue weighted by Gasteiger charge is -2.11. The number of ether oxygens (including phenoxy) is 1. The van der Waals surface area contributed by atoms with E-state index in [4.69, 9.17) is 16.3 Å². The van der Waals surface area contributed by atoms with E-state index < -0.39 is 11.7 Å². The number of alkyl halides is 3. The fourth-order valence-corrected chi connectivity index (χ4v) is 4.09. The number of hydrogen-bond acceptors (Lipinski definition) is 2. The van der Waals surface area contributed by atoms with Gasteiger partial charge in [0.1, 0.15) is 17.0 Å². The van der Waals surface area contributed by atoms with Crippen molar-refractivity contribution in [3.63, 3.8) is 0 Å². The van der Waals surface area contributed by atoms with Crippen LogP contribution in [0.1, 0.15) is 11.1 Å². The third kappa shape index (κ3) is 4.37. The molecule has 5 aromatic rings. The van der Waals surface area contributed by atoms with E-state index in [1.807, 2.05) is 42.5 Å². The van der Waals surface area contributed by atoms with Gasteiger partial charge in [0.25, 0.3) is 0 Å². The molecule has 34 heavy (non-hydrogen) atoms. The first kappa shape index (κ1) is 22.0. The van der Waals surface area contributed by atoms with Crippen molar-refractivity contribution in [2.75, 3.05) is 0 Å². The number of nitrogens with zero attached hydrogens (tertiary/aromatic N) is 2. The molecule has 0 unspecified atom stereocenters. The third-order valence-corrected chi connectivity index (χ3v) is 5.73. The first-order chi connectivity index (χ1) is 16.4. The summed E-state index contributed by atoms with van der Waals surface area (Å²) in [5.41, 5.74) is 1.34. The second kappa shape index (κ2) is 8.88. The van der Waals surface area contributed by atoms with Crippen LogP contribution in [0.15, 0.2) is 97.1 Å². The molecule has 1 heterocycles. The van der Waals surface area contributed by atoms with Gasteiger partial charge in [-0.15, -0.1) is 0 Å². The number of hydrogen-bond donors (Lipinski definition) is 0. The Morgan fingerprint density at radius 2 is 1.56 bits per heavy atom. The summed E-state index contributed by atoms with van der Waals surface area (Å²) < 4.78 is 48.8. The summed E-state index contributed by atoms with van der Waals surface area (Å²) in [6.45, 7) is 0.317. The fourth-order valence-electron chi connectivity index (χ4n) is 3.92. The molecule has 0 N–H and O–H groups in total. The summed E-state index contributed by atoms with van der Waals surface area (Å²) in [7, 11) is 0. The molecule has 4 aromatic carbocycles. The Morgan fingerprint density at radius 3 is 2.32 bits per heavy atom. The minimum atomic E-state index is -4.52. The average Bonchev–Trinajstić information content (AvgIpc) is 3.18. The predicted octanol–water partition coefficient (Wildman–Crippen LogP) is 8.22. The Balaban J connectivity index is 1.66. The Morgan fingerprint density at radius 1 is 0.824 bits per heavy atom. The van der Waals surface area contributed by atoms with Crippen molar-refractivity contribution in [3.8, 4) is 22.8 Å². The lowest BCUT2D eigenvalue weighted by Crippen LogP contribution is -2.06. The van der Waals surface area contributed by atoms with Gasteiger partial charge < -0.3 is 4.74 Å². The molecule has 0 aliphatic carbocycles. The van der Waals surface area contributed by atoms with Crippen LogP contribution in [-0.4, -0.2) is 9.78 Å². The highest BCUT2D eigenvalue weighted by Gasteiger charge is 2.34. The van der Waals surface area contributed by atoms with Gasteiger partial charge in [0, 0.05) is 10.9 Å². The summed E-state index contributed by atoms with van der Waals surface area (Å²) in [5, 5.41) is 5.29. The normalized spacial score (nSPS) is 11.6. The van der Waals surface area contributed by atoms with Crippen molar-refractivity contribution < 1.29 is 17.9 Å². The number of benzene rings is 4. The Labute approximate surface area is 199 Å². The van der Waals surface area contributed by atoms with Gasteiger partial charge in [-0.3, -0.25) is 4.68 Å². The molecule has 5 rings (SSSR count). The van der Waals surface area contributed by atoms with Crippen LogP contribution < -0.4 is 4.74 Å². The molecule has 0 saturated carbocycles. The van der Waals surface area contributed by atoms with Crippen LogP contribution in [0, 0.1) is 0 Å². The molecule has 0 radical (unpaired) electrons. The lowest BCUT2D eigenvalue weighted by atomic mass is 10.0. The Hall–Kier alpha value is -3.77. The first-order valence-corrected chi connectivity index (χ1v) is 10.9. The van der Waals surface area contributed by atoms with Gasteiger partial charge in [-0.05, 0) is 35.9 Å². The van der Waals surface area contributed by atoms with E-state index in [2.05, 4.69) is 5.10 Å². The van der Waals surface area contributed by atoms with Gasteiger partial charge in [-0.2, -0.15) is 18.3 Å². The van der Waals surface area contributed by atoms with Crippen LogP contribution >= 0.6 is 11.6 Å². The van der Waals surface area contributed by atoms with Crippen molar-refractivity contribution in [1.29, 1.82) is 0 Å². The van der Waals surface area contributed by atoms with Gasteiger partial charge in [0.2, 0.25) is 0 Å². The molecule has 0 spiro atoms. The van der Waals surface area contributed by atoms with E-state index in [1.54, 1.807) is 47.1 Å². The lowest BCUT2D eigenvalue weighted by molar-refractivity contribution is -0.136. The van der Waals surface area contributed by atoms with Gasteiger partial charge in [-0.25, -0.2) is 0 Å². The highest BCUT2D eigenvalue weighted by Crippen LogP contribution is 2.39. The maximum absolute atomic E-state index is 13.8. The SMILES string of the molecule is FC(F)(F)c1cccc2c(-c3cccc(Oc4ccccc4Cl)c3)n(Cc3ccccc3)nc12. The molecule has 0 amide bonds. The zero-order chi connectivity index (χ0) is 23.7. The maximum Gasteiger partial charge on any atom is 0.418 e. The molecule has 0 aliphatic heterocycles. The molecule has 0 saturated heterocycles. The predicted molar refractivity (Wildman–Crippen MR) is 127 cm³/mol. The van der Waals surface area contributed by atoms with Gasteiger partial charge >= 0.3 is 6.18 Å². The van der Waals surface area contributed by atoms with Crippen LogP contribution in [0.5, 0.6) is 11.5 Å². The smallest absolute Gasteiger partial charge is 0.418 e. The molecule has 7 heteroatoms. The van der Waals surface area contributed by atoms with E-state index >= 15 is 0 Å². The van der Waals surface area contributed by atoms with Gasteiger partial charge in [0.05, 0.1) is 22.8 Å². The van der Waals surface area contributed by atoms with Crippen LogP contribution in [0.2, 0.25) is 5.02 Å². The molecule has 3 nitrogen and oxygen atoms in total. The second-order valence-corrected chi connectivity index (χ2v) is 8.16. The molecule has 1 aromatic heterocycles. The van der Waals surface area contributed by atoms with Crippen molar-refractivity contribution in [3.05, 3.63) is 113 Å². The van der Waals surface area contributed by atoms with Crippen LogP contribution in [-0.2, 0) is 12.7 Å². The second-order valence-electron chi connectivity index (χ2n) is 7.75. The largest absolute Gasteiger partial charge is 0.456 e. The quantitative estimate of drug-likeness (QED) is 0.254. The van der Waals surface area contributed by atoms with Crippen LogP contribution in [0.4, 0.5) is 13.2 Å². The monoisotopic (exact) mass is 478 g/mol. The van der Waals surface area contributed by atoms with Crippen LogP contribution in [0.3, 0.4) is 0 Å². The Kier molecular flexibility index (Phi) is 5.75. The zero-order valence-corrected chi connectivity index (χ0v) is 18.5. The van der Waals surface area contributed by atoms with Crippen molar-refractivity contribution in [2.45, 2.75) is 12.7 Å². The van der Waals surface area contributed by atoms with Gasteiger partial charge in [0.15, 0.2) is 0 Å². The van der Waals surface area contributed by atoms with E-state index in [9.17, 15) is 13.2 Å². The number of para-hydroxylation sites is 1. The minimum Gasteiger partial charge on any atom is -0.456 e. The summed E-state index contributed by atoms with van der Waals surface area (Å²) in [6, 6.07) is 27.9. The van der Waals surface area contributed by atoms with Crippen molar-refractivity contribution >= 4 is 22.5 Å². The Bertz CT molecular complexity index is 1460. The molecule has 0 bridgehead atoms. The molecule has 0 fully saturated rings. The number of aromatic nitrogens is 2. The number of halogens is 4. The fraction of sp³-hybridized carbons (Fsp3) is 0.0741. The summed E-state index contributed by atoms with van der Waals surface area (Å²) in [6.07, 6.45) is -4.52. The van der Waals surface area contributed by atoms with E-state index in [1.165, 1.54) is 6.07 Å². The molecule has 170 valence electrons. The minimum absolute atomic E-state index is 0.0849. The highest BCUT2D eigenvalue weighted by atomic mass is 35.5. The standard InChI is InChI=1S/C27H18ClF3N2O/c28-23-14-4-5-15-24(23)34-20-11-6-10-19(16-20)26-21-12-7-13-22(27(29,30)31)25(21)32-33(26)17-18-8-2-1-3-9-18/h1-16H,17H2. The maximum atomic E-state index is 13.8. The first-order valence-electron chi connectivity index (χ1n) is 10.5. The van der Waals surface area contributed by atoms with E-state index in [0.29, 0.717) is 39.7 Å². The summed E-state index contributed by atoms with van der Waals surface area (Å²) >= 11 is 6.22. The molecular weight excluding hydrogens is 461 g/mol. The van der Waals surface area contributed by atoms with Crippen molar-refractivity contribution in [1.82, 2.24) is 9.78 Å². The number of rotatable bonds is 5. The van der Waals surface area contributed by atoms with Crippen LogP contribution in [0.25, 0.3) is 22.2 Å². The molecule has 0 atom stereocenters. The summed E-state index contributed by atoms with van der Waals surface area (Å²) in [5.74, 6) is 1.00. The average molecular weight is 479 g/mol. The highest BCUT2D eigenvalue weighted by molar-refractivity contribution is 6.32. The number of fused-ring (bicyclic) bond motifs is 1.